The maximum atomic E-state index is 13.6. The molecule has 0 bridgehead atoms. The normalized spacial score (nSPS) is 17.1. The van der Waals surface area contributed by atoms with E-state index in [1.165, 1.54) is 6.42 Å². The van der Waals surface area contributed by atoms with Crippen LogP contribution in [0.15, 0.2) is 12.1 Å². The fourth-order valence-electron chi connectivity index (χ4n) is 1.80. The van der Waals surface area contributed by atoms with Crippen molar-refractivity contribution < 1.29 is 4.39 Å². The summed E-state index contributed by atoms with van der Waals surface area (Å²) in [5.41, 5.74) is 1.67. The van der Waals surface area contributed by atoms with Crippen LogP contribution in [-0.4, -0.2) is 4.98 Å². The van der Waals surface area contributed by atoms with Gasteiger partial charge in [0.2, 0.25) is 5.95 Å². The van der Waals surface area contributed by atoms with Crippen LogP contribution in [0.25, 0.3) is 0 Å². The van der Waals surface area contributed by atoms with Crippen LogP contribution >= 0.6 is 0 Å². The van der Waals surface area contributed by atoms with Crippen LogP contribution < -0.4 is 0 Å². The van der Waals surface area contributed by atoms with Crippen molar-refractivity contribution in [1.29, 1.82) is 0 Å². The highest BCUT2D eigenvalue weighted by atomic mass is 19.1. The largest absolute Gasteiger partial charge is 0.224 e. The minimum atomic E-state index is -0.249. The molecule has 0 aliphatic heterocycles. The van der Waals surface area contributed by atoms with E-state index < -0.39 is 0 Å². The van der Waals surface area contributed by atoms with Crippen molar-refractivity contribution in [3.05, 3.63) is 29.3 Å². The van der Waals surface area contributed by atoms with Gasteiger partial charge in [-0.3, -0.25) is 0 Å². The topological polar surface area (TPSA) is 12.9 Å². The molecule has 2 heteroatoms. The Morgan fingerprint density at radius 3 is 2.50 bits per heavy atom. The average Bonchev–Trinajstić information content (AvgIpc) is 2.04. The first-order chi connectivity index (χ1) is 6.68. The number of hydrogen-bond acceptors (Lipinski definition) is 1. The molecule has 1 heterocycles. The average molecular weight is 193 g/mol. The van der Waals surface area contributed by atoms with Gasteiger partial charge in [-0.2, -0.15) is 4.39 Å². The van der Waals surface area contributed by atoms with Crippen LogP contribution in [0.2, 0.25) is 0 Å². The minimum Gasteiger partial charge on any atom is -0.224 e. The Kier molecular flexibility index (Phi) is 2.53. The molecule has 14 heavy (non-hydrogen) atoms. The van der Waals surface area contributed by atoms with Gasteiger partial charge in [0.1, 0.15) is 0 Å². The third-order valence-electron chi connectivity index (χ3n) is 3.04. The molecule has 1 aliphatic carbocycles. The molecular weight excluding hydrogens is 177 g/mol. The molecule has 0 unspecified atom stereocenters. The Labute approximate surface area is 84.4 Å². The van der Waals surface area contributed by atoms with Crippen molar-refractivity contribution >= 4 is 0 Å². The first kappa shape index (κ1) is 9.63. The molecule has 0 radical (unpaired) electrons. The van der Waals surface area contributed by atoms with Crippen molar-refractivity contribution in [2.75, 3.05) is 0 Å². The second-order valence-electron chi connectivity index (χ2n) is 4.40. The molecule has 0 aromatic carbocycles. The Bertz CT molecular complexity index is 329. The number of halogens is 1. The Hall–Kier alpha value is -0.920. The maximum Gasteiger partial charge on any atom is 0.216 e. The second-order valence-corrected chi connectivity index (χ2v) is 4.40. The van der Waals surface area contributed by atoms with E-state index in [0.717, 1.165) is 24.1 Å². The van der Waals surface area contributed by atoms with Crippen molar-refractivity contribution in [2.24, 2.45) is 0 Å². The predicted octanol–water partition coefficient (Wildman–Crippen LogP) is 3.61. The molecule has 1 saturated carbocycles. The van der Waals surface area contributed by atoms with Crippen LogP contribution in [0.5, 0.6) is 0 Å². The zero-order valence-corrected chi connectivity index (χ0v) is 8.76. The van der Waals surface area contributed by atoms with E-state index in [1.807, 2.05) is 26.0 Å². The van der Waals surface area contributed by atoms with E-state index >= 15 is 0 Å². The highest BCUT2D eigenvalue weighted by Crippen LogP contribution is 2.37. The molecule has 0 N–H and O–H groups in total. The lowest BCUT2D eigenvalue weighted by Crippen LogP contribution is -2.12. The summed E-state index contributed by atoms with van der Waals surface area (Å²) in [6.45, 7) is 4.07. The quantitative estimate of drug-likeness (QED) is 0.654. The Balaban J connectivity index is 2.26. The molecule has 2 rings (SSSR count). The summed E-state index contributed by atoms with van der Waals surface area (Å²) in [6.07, 6.45) is 3.48. The van der Waals surface area contributed by atoms with Crippen molar-refractivity contribution in [2.45, 2.75) is 44.9 Å². The van der Waals surface area contributed by atoms with Gasteiger partial charge in [-0.05, 0) is 30.7 Å². The van der Waals surface area contributed by atoms with Crippen LogP contribution in [0.1, 0.15) is 56.2 Å². The zero-order valence-electron chi connectivity index (χ0n) is 8.76. The number of nitrogens with zero attached hydrogens (tertiary/aromatic N) is 1. The van der Waals surface area contributed by atoms with E-state index in [-0.39, 0.29) is 5.95 Å². The number of hydrogen-bond donors (Lipinski definition) is 0. The van der Waals surface area contributed by atoms with Crippen LogP contribution in [0.3, 0.4) is 0 Å². The molecule has 76 valence electrons. The van der Waals surface area contributed by atoms with Gasteiger partial charge in [-0.25, -0.2) is 4.98 Å². The summed E-state index contributed by atoms with van der Waals surface area (Å²) in [6, 6.07) is 3.88. The zero-order chi connectivity index (χ0) is 10.1. The van der Waals surface area contributed by atoms with E-state index in [1.54, 1.807) is 0 Å². The van der Waals surface area contributed by atoms with Gasteiger partial charge in [0.05, 0.1) is 0 Å². The highest BCUT2D eigenvalue weighted by Gasteiger charge is 2.23. The fourth-order valence-corrected chi connectivity index (χ4v) is 1.80. The summed E-state index contributed by atoms with van der Waals surface area (Å²) in [5, 5.41) is 0. The molecule has 0 spiro atoms. The molecule has 1 aromatic heterocycles. The second kappa shape index (κ2) is 3.68. The summed E-state index contributed by atoms with van der Waals surface area (Å²) in [7, 11) is 0. The smallest absolute Gasteiger partial charge is 0.216 e. The molecule has 1 aliphatic rings. The van der Waals surface area contributed by atoms with E-state index in [9.17, 15) is 4.39 Å². The number of rotatable bonds is 2. The van der Waals surface area contributed by atoms with Gasteiger partial charge in [-0.1, -0.05) is 26.3 Å². The Morgan fingerprint density at radius 1 is 1.36 bits per heavy atom. The van der Waals surface area contributed by atoms with E-state index in [2.05, 4.69) is 4.98 Å². The first-order valence-corrected chi connectivity index (χ1v) is 5.35. The molecule has 0 atom stereocenters. The molecular formula is C12H16FN. The third-order valence-corrected chi connectivity index (χ3v) is 3.04. The molecule has 1 aromatic rings. The lowest BCUT2D eigenvalue weighted by Gasteiger charge is -2.25. The van der Waals surface area contributed by atoms with Crippen molar-refractivity contribution in [1.82, 2.24) is 4.98 Å². The van der Waals surface area contributed by atoms with Gasteiger partial charge >= 0.3 is 0 Å². The first-order valence-electron chi connectivity index (χ1n) is 5.35. The summed E-state index contributed by atoms with van der Waals surface area (Å²) in [4.78, 5) is 4.01. The van der Waals surface area contributed by atoms with Gasteiger partial charge < -0.3 is 0 Å². The van der Waals surface area contributed by atoms with Gasteiger partial charge in [0, 0.05) is 11.3 Å². The van der Waals surface area contributed by atoms with E-state index in [4.69, 9.17) is 0 Å². The predicted molar refractivity (Wildman–Crippen MR) is 54.9 cm³/mol. The lowest BCUT2D eigenvalue weighted by molar-refractivity contribution is 0.397. The minimum absolute atomic E-state index is 0.249. The molecule has 1 fully saturated rings. The van der Waals surface area contributed by atoms with Crippen molar-refractivity contribution in [3.8, 4) is 0 Å². The van der Waals surface area contributed by atoms with Crippen molar-refractivity contribution in [3.63, 3.8) is 0 Å². The lowest BCUT2D eigenvalue weighted by atomic mass is 9.80. The number of pyridine rings is 1. The van der Waals surface area contributed by atoms with Crippen LogP contribution in [0, 0.1) is 5.95 Å². The summed E-state index contributed by atoms with van der Waals surface area (Å²) < 4.78 is 13.6. The summed E-state index contributed by atoms with van der Waals surface area (Å²) in [5.74, 6) is 0.490. The number of aromatic nitrogens is 1. The standard InChI is InChI=1S/C12H16FN/c1-8(2)11-7-6-10(12(13)14-11)9-4-3-5-9/h6-9H,3-5H2,1-2H3. The molecule has 1 nitrogen and oxygen atoms in total. The molecule has 0 saturated heterocycles. The van der Waals surface area contributed by atoms with Gasteiger partial charge in [0.25, 0.3) is 0 Å². The maximum absolute atomic E-state index is 13.6. The van der Waals surface area contributed by atoms with Crippen LogP contribution in [-0.2, 0) is 0 Å². The summed E-state index contributed by atoms with van der Waals surface area (Å²) >= 11 is 0. The SMILES string of the molecule is CC(C)c1ccc(C2CCC2)c(F)n1. The Morgan fingerprint density at radius 2 is 2.07 bits per heavy atom. The van der Waals surface area contributed by atoms with Crippen LogP contribution in [0.4, 0.5) is 4.39 Å². The molecule has 0 amide bonds. The van der Waals surface area contributed by atoms with Gasteiger partial charge in [-0.15, -0.1) is 0 Å². The third kappa shape index (κ3) is 1.66. The highest BCUT2D eigenvalue weighted by molar-refractivity contribution is 5.22. The van der Waals surface area contributed by atoms with E-state index in [0.29, 0.717) is 11.8 Å². The monoisotopic (exact) mass is 193 g/mol. The fraction of sp³-hybridized carbons (Fsp3) is 0.583. The van der Waals surface area contributed by atoms with Gasteiger partial charge in [0.15, 0.2) is 0 Å².